The van der Waals surface area contributed by atoms with Crippen molar-refractivity contribution in [1.29, 1.82) is 0 Å². The summed E-state index contributed by atoms with van der Waals surface area (Å²) in [5.74, 6) is -2.75. The Morgan fingerprint density at radius 2 is 2.09 bits per heavy atom. The largest absolute Gasteiger partial charge is 0.317 e. The molecule has 1 rings (SSSR count). The molecular weight excluding hydrogens is 148 g/mol. The van der Waals surface area contributed by atoms with Crippen molar-refractivity contribution in [1.82, 2.24) is 5.32 Å². The first-order chi connectivity index (χ1) is 5.06. The van der Waals surface area contributed by atoms with Gasteiger partial charge < -0.3 is 5.32 Å². The zero-order valence-electron chi connectivity index (χ0n) is 7.03. The van der Waals surface area contributed by atoms with E-state index in [1.54, 1.807) is 14.0 Å². The Balaban J connectivity index is 2.32. The third-order valence-electron chi connectivity index (χ3n) is 2.25. The number of alkyl halides is 2. The number of hydrogen-bond donors (Lipinski definition) is 1. The summed E-state index contributed by atoms with van der Waals surface area (Å²) in [5.41, 5.74) is 0. The van der Waals surface area contributed by atoms with Crippen molar-refractivity contribution in [3.8, 4) is 0 Å². The lowest BCUT2D eigenvalue weighted by Gasteiger charge is -2.19. The first-order valence-corrected chi connectivity index (χ1v) is 4.11. The van der Waals surface area contributed by atoms with Crippen LogP contribution in [0.3, 0.4) is 0 Å². The predicted octanol–water partition coefficient (Wildman–Crippen LogP) is 2.03. The molecule has 0 aromatic carbocycles. The van der Waals surface area contributed by atoms with Gasteiger partial charge in [-0.2, -0.15) is 0 Å². The second-order valence-corrected chi connectivity index (χ2v) is 3.43. The highest BCUT2D eigenvalue weighted by atomic mass is 19.3. The molecule has 66 valence electrons. The smallest absolute Gasteiger partial charge is 0.252 e. The average Bonchev–Trinajstić information content (AvgIpc) is 2.66. The van der Waals surface area contributed by atoms with Crippen LogP contribution >= 0.6 is 0 Å². The summed E-state index contributed by atoms with van der Waals surface area (Å²) in [5, 5.41) is 2.82. The van der Waals surface area contributed by atoms with Gasteiger partial charge in [-0.1, -0.05) is 0 Å². The van der Waals surface area contributed by atoms with Crippen LogP contribution in [-0.4, -0.2) is 19.0 Å². The lowest BCUT2D eigenvalue weighted by molar-refractivity contribution is -0.0370. The lowest BCUT2D eigenvalue weighted by atomic mass is 10.1. The van der Waals surface area contributed by atoms with Crippen molar-refractivity contribution in [3.63, 3.8) is 0 Å². The van der Waals surface area contributed by atoms with Gasteiger partial charge in [0.2, 0.25) is 0 Å². The molecule has 3 heteroatoms. The first kappa shape index (κ1) is 8.91. The predicted molar refractivity (Wildman–Crippen MR) is 40.8 cm³/mol. The Kier molecular flexibility index (Phi) is 2.47. The van der Waals surface area contributed by atoms with E-state index in [-0.39, 0.29) is 18.4 Å². The van der Waals surface area contributed by atoms with E-state index >= 15 is 0 Å². The van der Waals surface area contributed by atoms with Crippen LogP contribution in [0.2, 0.25) is 0 Å². The molecule has 0 heterocycles. The molecule has 1 atom stereocenters. The highest BCUT2D eigenvalue weighted by Crippen LogP contribution is 2.45. The van der Waals surface area contributed by atoms with E-state index < -0.39 is 5.92 Å². The van der Waals surface area contributed by atoms with Crippen molar-refractivity contribution < 1.29 is 8.78 Å². The maximum absolute atomic E-state index is 13.0. The molecule has 1 saturated carbocycles. The van der Waals surface area contributed by atoms with Gasteiger partial charge >= 0.3 is 0 Å². The van der Waals surface area contributed by atoms with Gasteiger partial charge in [-0.3, -0.25) is 0 Å². The molecule has 1 N–H and O–H groups in total. The average molecular weight is 163 g/mol. The molecule has 0 aliphatic heterocycles. The zero-order valence-corrected chi connectivity index (χ0v) is 7.03. The number of nitrogens with one attached hydrogen (secondary N) is 1. The normalized spacial score (nSPS) is 21.8. The van der Waals surface area contributed by atoms with Gasteiger partial charge in [0.05, 0.1) is 0 Å². The summed E-state index contributed by atoms with van der Waals surface area (Å²) in [4.78, 5) is 0. The first-order valence-electron chi connectivity index (χ1n) is 4.11. The van der Waals surface area contributed by atoms with Gasteiger partial charge in [-0.25, -0.2) is 8.78 Å². The van der Waals surface area contributed by atoms with Crippen LogP contribution in [0, 0.1) is 5.92 Å². The Labute approximate surface area is 66.2 Å². The van der Waals surface area contributed by atoms with Gasteiger partial charge in [0.15, 0.2) is 0 Å². The van der Waals surface area contributed by atoms with Gasteiger partial charge in [-0.15, -0.1) is 0 Å². The van der Waals surface area contributed by atoms with E-state index in [1.807, 2.05) is 0 Å². The van der Waals surface area contributed by atoms with Gasteiger partial charge in [0.25, 0.3) is 5.92 Å². The van der Waals surface area contributed by atoms with Crippen molar-refractivity contribution in [2.45, 2.75) is 38.2 Å². The summed E-state index contributed by atoms with van der Waals surface area (Å²) in [6.07, 6.45) is 1.40. The van der Waals surface area contributed by atoms with E-state index in [0.717, 1.165) is 0 Å². The minimum absolute atomic E-state index is 0.0197. The molecule has 1 nitrogen and oxygen atoms in total. The standard InChI is InChI=1S/C8H15F2N/c1-6(11-2)5-8(9,10)7-3-4-7/h6-7,11H,3-5H2,1-2H3. The highest BCUT2D eigenvalue weighted by Gasteiger charge is 2.46. The van der Waals surface area contributed by atoms with Crippen molar-refractivity contribution in [2.75, 3.05) is 7.05 Å². The summed E-state index contributed by atoms with van der Waals surface area (Å²) >= 11 is 0. The molecule has 1 aliphatic carbocycles. The topological polar surface area (TPSA) is 12.0 Å². The SMILES string of the molecule is CNC(C)CC(F)(F)C1CC1. The van der Waals surface area contributed by atoms with Crippen LogP contribution in [0.4, 0.5) is 8.78 Å². The molecule has 0 radical (unpaired) electrons. The monoisotopic (exact) mass is 163 g/mol. The fourth-order valence-electron chi connectivity index (χ4n) is 1.18. The van der Waals surface area contributed by atoms with E-state index in [2.05, 4.69) is 5.32 Å². The van der Waals surface area contributed by atoms with E-state index in [0.29, 0.717) is 12.8 Å². The number of hydrogen-bond acceptors (Lipinski definition) is 1. The molecule has 11 heavy (non-hydrogen) atoms. The molecule has 1 fully saturated rings. The maximum atomic E-state index is 13.0. The lowest BCUT2D eigenvalue weighted by Crippen LogP contribution is -2.31. The summed E-state index contributed by atoms with van der Waals surface area (Å²) in [6.45, 7) is 1.79. The molecule has 0 aromatic rings. The third-order valence-corrected chi connectivity index (χ3v) is 2.25. The van der Waals surface area contributed by atoms with E-state index in [9.17, 15) is 8.78 Å². The van der Waals surface area contributed by atoms with Crippen molar-refractivity contribution in [3.05, 3.63) is 0 Å². The fraction of sp³-hybridized carbons (Fsp3) is 1.00. The molecule has 0 aromatic heterocycles. The summed E-state index contributed by atoms with van der Waals surface area (Å²) < 4.78 is 26.0. The molecule has 0 saturated heterocycles. The molecule has 1 aliphatic rings. The van der Waals surface area contributed by atoms with E-state index in [1.165, 1.54) is 0 Å². The Hall–Kier alpha value is -0.180. The van der Waals surface area contributed by atoms with E-state index in [4.69, 9.17) is 0 Å². The van der Waals surface area contributed by atoms with Crippen LogP contribution in [-0.2, 0) is 0 Å². The fourth-order valence-corrected chi connectivity index (χ4v) is 1.18. The minimum Gasteiger partial charge on any atom is -0.317 e. The second kappa shape index (κ2) is 3.05. The second-order valence-electron chi connectivity index (χ2n) is 3.43. The van der Waals surface area contributed by atoms with Gasteiger partial charge in [0, 0.05) is 18.4 Å². The molecule has 0 amide bonds. The highest BCUT2D eigenvalue weighted by molar-refractivity contribution is 4.89. The summed E-state index contributed by atoms with van der Waals surface area (Å²) in [7, 11) is 1.72. The Morgan fingerprint density at radius 1 is 1.55 bits per heavy atom. The van der Waals surface area contributed by atoms with Crippen LogP contribution in [0.15, 0.2) is 0 Å². The van der Waals surface area contributed by atoms with Crippen molar-refractivity contribution >= 4 is 0 Å². The maximum Gasteiger partial charge on any atom is 0.252 e. The number of rotatable bonds is 4. The van der Waals surface area contributed by atoms with Crippen molar-refractivity contribution in [2.24, 2.45) is 5.92 Å². The molecular formula is C8H15F2N. The molecule has 0 spiro atoms. The van der Waals surface area contributed by atoms with Crippen LogP contribution in [0.5, 0.6) is 0 Å². The van der Waals surface area contributed by atoms with Crippen LogP contribution in [0.1, 0.15) is 26.2 Å². The number of halogens is 2. The summed E-state index contributed by atoms with van der Waals surface area (Å²) in [6, 6.07) is -0.0781. The van der Waals surface area contributed by atoms with Crippen LogP contribution in [0.25, 0.3) is 0 Å². The minimum atomic E-state index is -2.43. The zero-order chi connectivity index (χ0) is 8.48. The molecule has 1 unspecified atom stereocenters. The van der Waals surface area contributed by atoms with Gasteiger partial charge in [0.1, 0.15) is 0 Å². The van der Waals surface area contributed by atoms with Crippen LogP contribution < -0.4 is 5.32 Å². The molecule has 0 bridgehead atoms. The Bertz CT molecular complexity index is 132. The third kappa shape index (κ3) is 2.40. The Morgan fingerprint density at radius 3 is 2.45 bits per heavy atom. The van der Waals surface area contributed by atoms with Gasteiger partial charge in [-0.05, 0) is 26.8 Å². The quantitative estimate of drug-likeness (QED) is 0.668.